The quantitative estimate of drug-likeness (QED) is 0.614. The van der Waals surface area contributed by atoms with E-state index in [4.69, 9.17) is 10.2 Å². The maximum absolute atomic E-state index is 10.8. The van der Waals surface area contributed by atoms with Crippen LogP contribution >= 0.6 is 0 Å². The van der Waals surface area contributed by atoms with Gasteiger partial charge in [-0.05, 0) is 13.5 Å². The van der Waals surface area contributed by atoms with Gasteiger partial charge in [0, 0.05) is 6.54 Å². The number of aliphatic hydroxyl groups is 1. The van der Waals surface area contributed by atoms with Crippen molar-refractivity contribution in [1.29, 1.82) is 0 Å². The molecule has 0 aliphatic heterocycles. The Labute approximate surface area is 79.2 Å². The maximum atomic E-state index is 10.8. The van der Waals surface area contributed by atoms with Gasteiger partial charge < -0.3 is 10.2 Å². The summed E-state index contributed by atoms with van der Waals surface area (Å²) in [6.45, 7) is 2.46. The fourth-order valence-corrected chi connectivity index (χ4v) is 1.24. The first kappa shape index (κ1) is 12.4. The minimum atomic E-state index is -0.801. The lowest BCUT2D eigenvalue weighted by Gasteiger charge is -2.23. The molecule has 13 heavy (non-hydrogen) atoms. The maximum Gasteiger partial charge on any atom is 0.320 e. The molecule has 0 bridgehead atoms. The standard InChI is InChI=1S/C9H19NO3/c1-3-4-5-8(9(12)13)10(2)6-7-11/h8,11H,3-7H2,1-2H3,(H,12,13). The van der Waals surface area contributed by atoms with Crippen LogP contribution in [0.4, 0.5) is 0 Å². The molecule has 0 aliphatic rings. The summed E-state index contributed by atoms with van der Waals surface area (Å²) < 4.78 is 0. The summed E-state index contributed by atoms with van der Waals surface area (Å²) in [4.78, 5) is 12.5. The Hall–Kier alpha value is -0.610. The van der Waals surface area contributed by atoms with Crippen LogP contribution in [0.3, 0.4) is 0 Å². The molecule has 2 N–H and O–H groups in total. The van der Waals surface area contributed by atoms with Crippen molar-refractivity contribution in [3.63, 3.8) is 0 Å². The van der Waals surface area contributed by atoms with Crippen molar-refractivity contribution < 1.29 is 15.0 Å². The highest BCUT2D eigenvalue weighted by Crippen LogP contribution is 2.06. The molecule has 0 aromatic heterocycles. The zero-order chi connectivity index (χ0) is 10.3. The van der Waals surface area contributed by atoms with Gasteiger partial charge in [-0.2, -0.15) is 0 Å². The van der Waals surface area contributed by atoms with Gasteiger partial charge in [0.2, 0.25) is 0 Å². The number of rotatable bonds is 7. The van der Waals surface area contributed by atoms with Crippen LogP contribution < -0.4 is 0 Å². The topological polar surface area (TPSA) is 60.8 Å². The van der Waals surface area contributed by atoms with Gasteiger partial charge in [-0.15, -0.1) is 0 Å². The molecule has 0 amide bonds. The number of nitrogens with zero attached hydrogens (tertiary/aromatic N) is 1. The summed E-state index contributed by atoms with van der Waals surface area (Å²) in [6, 6.07) is -0.452. The molecule has 78 valence electrons. The van der Waals surface area contributed by atoms with Crippen molar-refractivity contribution in [3.8, 4) is 0 Å². The van der Waals surface area contributed by atoms with Crippen LogP contribution in [0, 0.1) is 0 Å². The zero-order valence-corrected chi connectivity index (χ0v) is 8.36. The van der Waals surface area contributed by atoms with E-state index in [1.165, 1.54) is 0 Å². The van der Waals surface area contributed by atoms with Crippen LogP contribution in [-0.4, -0.2) is 47.3 Å². The van der Waals surface area contributed by atoms with Crippen LogP contribution in [0.2, 0.25) is 0 Å². The zero-order valence-electron chi connectivity index (χ0n) is 8.36. The molecular weight excluding hydrogens is 170 g/mol. The molecule has 1 unspecified atom stereocenters. The summed E-state index contributed by atoms with van der Waals surface area (Å²) >= 11 is 0. The van der Waals surface area contributed by atoms with E-state index < -0.39 is 12.0 Å². The Balaban J connectivity index is 3.99. The molecule has 4 nitrogen and oxygen atoms in total. The van der Waals surface area contributed by atoms with E-state index in [0.717, 1.165) is 12.8 Å². The van der Waals surface area contributed by atoms with Gasteiger partial charge in [-0.1, -0.05) is 19.8 Å². The fraction of sp³-hybridized carbons (Fsp3) is 0.889. The predicted octanol–water partition coefficient (Wildman–Crippen LogP) is 0.554. The second kappa shape index (κ2) is 6.86. The predicted molar refractivity (Wildman–Crippen MR) is 50.7 cm³/mol. The second-order valence-corrected chi connectivity index (χ2v) is 3.20. The summed E-state index contributed by atoms with van der Waals surface area (Å²) in [6.07, 6.45) is 2.56. The number of carbonyl (C=O) groups is 1. The SMILES string of the molecule is CCCCC(C(=O)O)N(C)CCO. The Bertz CT molecular complexity index is 150. The summed E-state index contributed by atoms with van der Waals surface area (Å²) in [7, 11) is 1.73. The van der Waals surface area contributed by atoms with Crippen LogP contribution in [-0.2, 0) is 4.79 Å². The van der Waals surface area contributed by atoms with Crippen molar-refractivity contribution in [2.75, 3.05) is 20.2 Å². The number of carboxylic acids is 1. The number of aliphatic carboxylic acids is 1. The molecule has 0 radical (unpaired) electrons. The van der Waals surface area contributed by atoms with Crippen LogP contribution in [0.15, 0.2) is 0 Å². The normalized spacial score (nSPS) is 13.2. The average molecular weight is 189 g/mol. The Morgan fingerprint density at radius 3 is 2.54 bits per heavy atom. The number of aliphatic hydroxyl groups excluding tert-OH is 1. The molecule has 0 spiro atoms. The summed E-state index contributed by atoms with van der Waals surface area (Å²) in [5.41, 5.74) is 0. The molecule has 0 heterocycles. The molecule has 0 aromatic rings. The molecular formula is C9H19NO3. The van der Waals surface area contributed by atoms with Crippen molar-refractivity contribution >= 4 is 5.97 Å². The van der Waals surface area contributed by atoms with E-state index in [1.807, 2.05) is 6.92 Å². The van der Waals surface area contributed by atoms with Gasteiger partial charge in [-0.3, -0.25) is 9.69 Å². The third kappa shape index (κ3) is 4.85. The van der Waals surface area contributed by atoms with Crippen LogP contribution in [0.25, 0.3) is 0 Å². The number of unbranched alkanes of at least 4 members (excludes halogenated alkanes) is 1. The third-order valence-electron chi connectivity index (χ3n) is 2.10. The average Bonchev–Trinajstić information content (AvgIpc) is 2.05. The van der Waals surface area contributed by atoms with Gasteiger partial charge >= 0.3 is 5.97 Å². The number of hydrogen-bond donors (Lipinski definition) is 2. The first-order valence-electron chi connectivity index (χ1n) is 4.67. The molecule has 0 aliphatic carbocycles. The minimum Gasteiger partial charge on any atom is -0.480 e. The Morgan fingerprint density at radius 2 is 2.15 bits per heavy atom. The fourth-order valence-electron chi connectivity index (χ4n) is 1.24. The third-order valence-corrected chi connectivity index (χ3v) is 2.10. The van der Waals surface area contributed by atoms with E-state index in [9.17, 15) is 4.79 Å². The molecule has 0 rings (SSSR count). The lowest BCUT2D eigenvalue weighted by atomic mass is 10.1. The van der Waals surface area contributed by atoms with Gasteiger partial charge in [0.1, 0.15) is 6.04 Å². The summed E-state index contributed by atoms with van der Waals surface area (Å²) in [5, 5.41) is 17.5. The molecule has 0 saturated carbocycles. The van der Waals surface area contributed by atoms with Crippen molar-refractivity contribution in [2.45, 2.75) is 32.2 Å². The smallest absolute Gasteiger partial charge is 0.320 e. The minimum absolute atomic E-state index is 0.00635. The van der Waals surface area contributed by atoms with Gasteiger partial charge in [0.15, 0.2) is 0 Å². The monoisotopic (exact) mass is 189 g/mol. The lowest BCUT2D eigenvalue weighted by molar-refractivity contribution is -0.143. The number of carboxylic acid groups (broad SMARTS) is 1. The van der Waals surface area contributed by atoms with Crippen LogP contribution in [0.1, 0.15) is 26.2 Å². The van der Waals surface area contributed by atoms with Gasteiger partial charge in [0.25, 0.3) is 0 Å². The van der Waals surface area contributed by atoms with Crippen molar-refractivity contribution in [1.82, 2.24) is 4.90 Å². The number of likely N-dealkylation sites (N-methyl/N-ethyl adjacent to an activating group) is 1. The van der Waals surface area contributed by atoms with E-state index in [-0.39, 0.29) is 6.61 Å². The van der Waals surface area contributed by atoms with Crippen LogP contribution in [0.5, 0.6) is 0 Å². The Kier molecular flexibility index (Phi) is 6.54. The first-order chi connectivity index (χ1) is 6.13. The molecule has 0 saturated heterocycles. The lowest BCUT2D eigenvalue weighted by Crippen LogP contribution is -2.39. The van der Waals surface area contributed by atoms with Gasteiger partial charge in [0.05, 0.1) is 6.61 Å². The summed E-state index contributed by atoms with van der Waals surface area (Å²) in [5.74, 6) is -0.801. The van der Waals surface area contributed by atoms with Crippen molar-refractivity contribution in [2.24, 2.45) is 0 Å². The van der Waals surface area contributed by atoms with E-state index in [1.54, 1.807) is 11.9 Å². The first-order valence-corrected chi connectivity index (χ1v) is 4.67. The largest absolute Gasteiger partial charge is 0.480 e. The highest BCUT2D eigenvalue weighted by atomic mass is 16.4. The molecule has 0 fully saturated rings. The second-order valence-electron chi connectivity index (χ2n) is 3.20. The van der Waals surface area contributed by atoms with Gasteiger partial charge in [-0.25, -0.2) is 0 Å². The molecule has 1 atom stereocenters. The highest BCUT2D eigenvalue weighted by Gasteiger charge is 2.20. The molecule has 0 aromatic carbocycles. The highest BCUT2D eigenvalue weighted by molar-refractivity contribution is 5.73. The van der Waals surface area contributed by atoms with E-state index in [2.05, 4.69) is 0 Å². The number of hydrogen-bond acceptors (Lipinski definition) is 3. The van der Waals surface area contributed by atoms with E-state index >= 15 is 0 Å². The van der Waals surface area contributed by atoms with Crippen molar-refractivity contribution in [3.05, 3.63) is 0 Å². The van der Waals surface area contributed by atoms with E-state index in [0.29, 0.717) is 13.0 Å². The molecule has 4 heteroatoms. The Morgan fingerprint density at radius 1 is 1.54 bits per heavy atom.